The molecule has 114 valence electrons. The van der Waals surface area contributed by atoms with Gasteiger partial charge in [0.15, 0.2) is 6.61 Å². The van der Waals surface area contributed by atoms with Crippen LogP contribution < -0.4 is 4.74 Å². The van der Waals surface area contributed by atoms with Crippen LogP contribution in [0.25, 0.3) is 0 Å². The number of hydrogen-bond acceptors (Lipinski definition) is 4. The van der Waals surface area contributed by atoms with Crippen molar-refractivity contribution in [2.45, 2.75) is 12.8 Å². The standard InChI is InChI=1S/C15H18ClNO4/c1-20-15(19)11-5-4-8-17(9-11)14(18)10-21-13-7-3-2-6-12(13)16/h2-3,6-7,11H,4-5,8-10H2,1H3. The van der Waals surface area contributed by atoms with Crippen LogP contribution in [0.3, 0.4) is 0 Å². The Morgan fingerprint density at radius 3 is 2.86 bits per heavy atom. The van der Waals surface area contributed by atoms with Crippen LogP contribution in [0, 0.1) is 5.92 Å². The van der Waals surface area contributed by atoms with Crippen molar-refractivity contribution >= 4 is 23.5 Å². The van der Waals surface area contributed by atoms with Crippen molar-refractivity contribution < 1.29 is 19.1 Å². The van der Waals surface area contributed by atoms with E-state index in [4.69, 9.17) is 21.1 Å². The fourth-order valence-electron chi connectivity index (χ4n) is 2.36. The van der Waals surface area contributed by atoms with Crippen molar-refractivity contribution in [2.24, 2.45) is 5.92 Å². The summed E-state index contributed by atoms with van der Waals surface area (Å²) in [7, 11) is 1.36. The molecule has 0 N–H and O–H groups in total. The molecule has 1 aliphatic rings. The highest BCUT2D eigenvalue weighted by molar-refractivity contribution is 6.32. The van der Waals surface area contributed by atoms with Gasteiger partial charge in [0.1, 0.15) is 5.75 Å². The van der Waals surface area contributed by atoms with Gasteiger partial charge in [-0.05, 0) is 25.0 Å². The fraction of sp³-hybridized carbons (Fsp3) is 0.467. The number of methoxy groups -OCH3 is 1. The molecule has 1 atom stereocenters. The second kappa shape index (κ2) is 7.31. The predicted octanol–water partition coefficient (Wildman–Crippen LogP) is 2.13. The largest absolute Gasteiger partial charge is 0.482 e. The van der Waals surface area contributed by atoms with E-state index >= 15 is 0 Å². The molecule has 0 spiro atoms. The van der Waals surface area contributed by atoms with E-state index in [0.29, 0.717) is 23.9 Å². The van der Waals surface area contributed by atoms with E-state index in [0.717, 1.165) is 12.8 Å². The summed E-state index contributed by atoms with van der Waals surface area (Å²) >= 11 is 5.97. The quantitative estimate of drug-likeness (QED) is 0.799. The van der Waals surface area contributed by atoms with Crippen molar-refractivity contribution in [2.75, 3.05) is 26.8 Å². The molecule has 1 fully saturated rings. The molecule has 1 saturated heterocycles. The molecule has 1 heterocycles. The van der Waals surface area contributed by atoms with Crippen molar-refractivity contribution in [3.8, 4) is 5.75 Å². The minimum atomic E-state index is -0.264. The lowest BCUT2D eigenvalue weighted by atomic mass is 9.98. The summed E-state index contributed by atoms with van der Waals surface area (Å²) in [6.45, 7) is 0.938. The van der Waals surface area contributed by atoms with E-state index in [2.05, 4.69) is 0 Å². The first-order valence-electron chi connectivity index (χ1n) is 6.84. The number of amides is 1. The zero-order valence-corrected chi connectivity index (χ0v) is 12.6. The Balaban J connectivity index is 1.88. The lowest BCUT2D eigenvalue weighted by Crippen LogP contribution is -2.44. The molecule has 1 unspecified atom stereocenters. The van der Waals surface area contributed by atoms with Gasteiger partial charge >= 0.3 is 5.97 Å². The Morgan fingerprint density at radius 1 is 1.38 bits per heavy atom. The monoisotopic (exact) mass is 311 g/mol. The highest BCUT2D eigenvalue weighted by atomic mass is 35.5. The normalized spacial score (nSPS) is 18.2. The summed E-state index contributed by atoms with van der Waals surface area (Å²) in [5, 5.41) is 0.469. The second-order valence-corrected chi connectivity index (χ2v) is 5.33. The van der Waals surface area contributed by atoms with E-state index < -0.39 is 0 Å². The number of benzene rings is 1. The van der Waals surface area contributed by atoms with Gasteiger partial charge in [-0.3, -0.25) is 9.59 Å². The first-order valence-corrected chi connectivity index (χ1v) is 7.22. The molecule has 0 aliphatic carbocycles. The van der Waals surface area contributed by atoms with Gasteiger partial charge in [-0.25, -0.2) is 0 Å². The topological polar surface area (TPSA) is 55.8 Å². The molecule has 0 radical (unpaired) electrons. The van der Waals surface area contributed by atoms with Crippen molar-refractivity contribution in [1.82, 2.24) is 4.90 Å². The first-order chi connectivity index (χ1) is 10.1. The molecular formula is C15H18ClNO4. The molecule has 0 aromatic heterocycles. The number of nitrogens with zero attached hydrogens (tertiary/aromatic N) is 1. The van der Waals surface area contributed by atoms with E-state index in [1.54, 1.807) is 29.2 Å². The minimum absolute atomic E-state index is 0.0857. The Hall–Kier alpha value is -1.75. The molecule has 2 rings (SSSR count). The van der Waals surface area contributed by atoms with Crippen molar-refractivity contribution in [3.05, 3.63) is 29.3 Å². The third kappa shape index (κ3) is 4.11. The molecule has 5 nitrogen and oxygen atoms in total. The van der Waals surface area contributed by atoms with Crippen molar-refractivity contribution in [3.63, 3.8) is 0 Å². The molecule has 1 aliphatic heterocycles. The number of esters is 1. The summed E-state index contributed by atoms with van der Waals surface area (Å²) in [5.41, 5.74) is 0. The third-order valence-electron chi connectivity index (χ3n) is 3.50. The van der Waals surface area contributed by atoms with Gasteiger partial charge in [-0.15, -0.1) is 0 Å². The molecule has 1 aromatic rings. The van der Waals surface area contributed by atoms with Gasteiger partial charge in [0.05, 0.1) is 18.1 Å². The number of piperidine rings is 1. The Morgan fingerprint density at radius 2 is 2.14 bits per heavy atom. The lowest BCUT2D eigenvalue weighted by Gasteiger charge is -2.31. The summed E-state index contributed by atoms with van der Waals surface area (Å²) < 4.78 is 10.2. The van der Waals surface area contributed by atoms with Crippen LogP contribution in [0.4, 0.5) is 0 Å². The second-order valence-electron chi connectivity index (χ2n) is 4.92. The summed E-state index contributed by atoms with van der Waals surface area (Å²) in [6, 6.07) is 7.00. The maximum absolute atomic E-state index is 12.1. The van der Waals surface area contributed by atoms with Gasteiger partial charge in [-0.2, -0.15) is 0 Å². The van der Waals surface area contributed by atoms with Gasteiger partial charge in [0.2, 0.25) is 0 Å². The van der Waals surface area contributed by atoms with Crippen LogP contribution in [-0.2, 0) is 14.3 Å². The SMILES string of the molecule is COC(=O)C1CCCN(C(=O)COc2ccccc2Cl)C1. The van der Waals surface area contributed by atoms with E-state index in [-0.39, 0.29) is 24.4 Å². The van der Waals surface area contributed by atoms with Crippen LogP contribution in [-0.4, -0.2) is 43.6 Å². The zero-order chi connectivity index (χ0) is 15.2. The number of rotatable bonds is 4. The molecule has 1 aromatic carbocycles. The van der Waals surface area contributed by atoms with Gasteiger partial charge in [-0.1, -0.05) is 23.7 Å². The van der Waals surface area contributed by atoms with Crippen LogP contribution >= 0.6 is 11.6 Å². The lowest BCUT2D eigenvalue weighted by molar-refractivity contribution is -0.149. The third-order valence-corrected chi connectivity index (χ3v) is 3.81. The van der Waals surface area contributed by atoms with E-state index in [1.165, 1.54) is 7.11 Å². The first kappa shape index (κ1) is 15.6. The Labute approximate surface area is 128 Å². The van der Waals surface area contributed by atoms with Crippen LogP contribution in [0.15, 0.2) is 24.3 Å². The maximum atomic E-state index is 12.1. The smallest absolute Gasteiger partial charge is 0.310 e. The molecular weight excluding hydrogens is 294 g/mol. The van der Waals surface area contributed by atoms with E-state index in [9.17, 15) is 9.59 Å². The predicted molar refractivity (Wildman–Crippen MR) is 78.3 cm³/mol. The maximum Gasteiger partial charge on any atom is 0.310 e. The minimum Gasteiger partial charge on any atom is -0.482 e. The van der Waals surface area contributed by atoms with E-state index in [1.807, 2.05) is 0 Å². The average Bonchev–Trinajstić information content (AvgIpc) is 2.53. The highest BCUT2D eigenvalue weighted by Crippen LogP contribution is 2.23. The van der Waals surface area contributed by atoms with Crippen LogP contribution in [0.5, 0.6) is 5.75 Å². The number of para-hydroxylation sites is 1. The Bertz CT molecular complexity index is 520. The molecule has 6 heteroatoms. The Kier molecular flexibility index (Phi) is 5.44. The molecule has 1 amide bonds. The van der Waals surface area contributed by atoms with Gasteiger partial charge < -0.3 is 14.4 Å². The molecule has 21 heavy (non-hydrogen) atoms. The number of likely N-dealkylation sites (tertiary alicyclic amines) is 1. The number of carbonyl (C=O) groups excluding carboxylic acids is 2. The summed E-state index contributed by atoms with van der Waals surface area (Å²) in [6.07, 6.45) is 1.54. The molecule has 0 saturated carbocycles. The average molecular weight is 312 g/mol. The number of ether oxygens (including phenoxy) is 2. The molecule has 0 bridgehead atoms. The number of hydrogen-bond donors (Lipinski definition) is 0. The van der Waals surface area contributed by atoms with Crippen LogP contribution in [0.1, 0.15) is 12.8 Å². The fourth-order valence-corrected chi connectivity index (χ4v) is 2.55. The highest BCUT2D eigenvalue weighted by Gasteiger charge is 2.29. The summed E-state index contributed by atoms with van der Waals surface area (Å²) in [4.78, 5) is 25.3. The summed E-state index contributed by atoms with van der Waals surface area (Å²) in [5.74, 6) is -0.176. The zero-order valence-electron chi connectivity index (χ0n) is 11.9. The van der Waals surface area contributed by atoms with Gasteiger partial charge in [0.25, 0.3) is 5.91 Å². The number of carbonyl (C=O) groups is 2. The van der Waals surface area contributed by atoms with Crippen molar-refractivity contribution in [1.29, 1.82) is 0 Å². The van der Waals surface area contributed by atoms with Gasteiger partial charge in [0, 0.05) is 13.1 Å². The van der Waals surface area contributed by atoms with Crippen LogP contribution in [0.2, 0.25) is 5.02 Å². The number of halogens is 1.